The van der Waals surface area contributed by atoms with Crippen LogP contribution in [-0.4, -0.2) is 37.7 Å². The van der Waals surface area contributed by atoms with Crippen molar-refractivity contribution in [2.24, 2.45) is 5.41 Å². The molecule has 1 N–H and O–H groups in total. The largest absolute Gasteiger partial charge is 0.490 e. The summed E-state index contributed by atoms with van der Waals surface area (Å²) in [6.07, 6.45) is 5.83. The minimum absolute atomic E-state index is 0.571. The number of nitrogens with zero attached hydrogens (tertiary/aromatic N) is 1. The van der Waals surface area contributed by atoms with Gasteiger partial charge < -0.3 is 10.1 Å². The van der Waals surface area contributed by atoms with E-state index in [9.17, 15) is 0 Å². The molecular formula is C18H26N2O. The lowest BCUT2D eigenvalue weighted by atomic mass is 9.78. The average Bonchev–Trinajstić information content (AvgIpc) is 2.89. The van der Waals surface area contributed by atoms with E-state index in [1.807, 2.05) is 0 Å². The van der Waals surface area contributed by atoms with Gasteiger partial charge in [0.15, 0.2) is 0 Å². The van der Waals surface area contributed by atoms with Gasteiger partial charge in [0.1, 0.15) is 12.4 Å². The molecule has 3 heteroatoms. The number of hydrogen-bond acceptors (Lipinski definition) is 3. The molecule has 2 saturated heterocycles. The molecule has 1 aromatic carbocycles. The van der Waals surface area contributed by atoms with Crippen molar-refractivity contribution in [3.8, 4) is 5.75 Å². The quantitative estimate of drug-likeness (QED) is 0.842. The number of likely N-dealkylation sites (tertiary alicyclic amines) is 1. The Balaban J connectivity index is 1.53. The second-order valence-corrected chi connectivity index (χ2v) is 6.45. The fourth-order valence-corrected chi connectivity index (χ4v) is 3.63. The van der Waals surface area contributed by atoms with E-state index >= 15 is 0 Å². The molecule has 0 amide bonds. The highest BCUT2D eigenvalue weighted by Crippen LogP contribution is 2.39. The van der Waals surface area contributed by atoms with Crippen LogP contribution in [0.3, 0.4) is 0 Å². The molecule has 0 aromatic heterocycles. The molecule has 0 atom stereocenters. The van der Waals surface area contributed by atoms with Crippen LogP contribution < -0.4 is 10.1 Å². The zero-order valence-corrected chi connectivity index (χ0v) is 12.8. The summed E-state index contributed by atoms with van der Waals surface area (Å²) in [5.74, 6) is 0.926. The molecule has 0 saturated carbocycles. The van der Waals surface area contributed by atoms with Gasteiger partial charge in [0.25, 0.3) is 0 Å². The van der Waals surface area contributed by atoms with E-state index in [0.29, 0.717) is 12.0 Å². The highest BCUT2D eigenvalue weighted by molar-refractivity contribution is 5.27. The lowest BCUT2D eigenvalue weighted by molar-refractivity contribution is 0.194. The number of benzene rings is 1. The van der Waals surface area contributed by atoms with E-state index < -0.39 is 0 Å². The van der Waals surface area contributed by atoms with Crippen LogP contribution in [0, 0.1) is 5.41 Å². The third kappa shape index (κ3) is 3.66. The predicted molar refractivity (Wildman–Crippen MR) is 86.6 cm³/mol. The van der Waals surface area contributed by atoms with Gasteiger partial charge in [-0.3, -0.25) is 4.90 Å². The fourth-order valence-electron chi connectivity index (χ4n) is 3.63. The Kier molecular flexibility index (Phi) is 4.61. The van der Waals surface area contributed by atoms with Gasteiger partial charge in [-0.1, -0.05) is 24.8 Å². The van der Waals surface area contributed by atoms with E-state index in [1.165, 1.54) is 51.0 Å². The van der Waals surface area contributed by atoms with E-state index in [4.69, 9.17) is 4.74 Å². The molecule has 114 valence electrons. The SMILES string of the molecule is C=CCOc1ccc(CN2CCC3(CCNCC3)C2)cc1. The molecule has 0 radical (unpaired) electrons. The maximum atomic E-state index is 5.53. The molecule has 0 unspecified atom stereocenters. The van der Waals surface area contributed by atoms with Crippen molar-refractivity contribution in [1.82, 2.24) is 10.2 Å². The Morgan fingerprint density at radius 2 is 1.95 bits per heavy atom. The van der Waals surface area contributed by atoms with Crippen LogP contribution in [0.25, 0.3) is 0 Å². The summed E-state index contributed by atoms with van der Waals surface area (Å²) in [7, 11) is 0. The molecule has 2 fully saturated rings. The molecule has 21 heavy (non-hydrogen) atoms. The molecule has 0 bridgehead atoms. The molecular weight excluding hydrogens is 260 g/mol. The lowest BCUT2D eigenvalue weighted by Crippen LogP contribution is -2.38. The maximum Gasteiger partial charge on any atom is 0.119 e. The first-order valence-electron chi connectivity index (χ1n) is 8.05. The van der Waals surface area contributed by atoms with Gasteiger partial charge in [-0.25, -0.2) is 0 Å². The van der Waals surface area contributed by atoms with Crippen molar-refractivity contribution in [2.45, 2.75) is 25.8 Å². The van der Waals surface area contributed by atoms with Crippen LogP contribution in [0.1, 0.15) is 24.8 Å². The van der Waals surface area contributed by atoms with Crippen molar-refractivity contribution in [2.75, 3.05) is 32.8 Å². The van der Waals surface area contributed by atoms with Gasteiger partial charge in [0, 0.05) is 13.1 Å². The summed E-state index contributed by atoms with van der Waals surface area (Å²) in [6.45, 7) is 10.2. The minimum Gasteiger partial charge on any atom is -0.490 e. The zero-order valence-electron chi connectivity index (χ0n) is 12.8. The summed E-state index contributed by atoms with van der Waals surface area (Å²) < 4.78 is 5.53. The summed E-state index contributed by atoms with van der Waals surface area (Å²) in [5.41, 5.74) is 1.98. The van der Waals surface area contributed by atoms with Crippen molar-refractivity contribution in [3.63, 3.8) is 0 Å². The molecule has 2 heterocycles. The first kappa shape index (κ1) is 14.6. The van der Waals surface area contributed by atoms with Crippen LogP contribution >= 0.6 is 0 Å². The molecule has 1 spiro atoms. The molecule has 1 aromatic rings. The maximum absolute atomic E-state index is 5.53. The van der Waals surface area contributed by atoms with Crippen LogP contribution in [0.4, 0.5) is 0 Å². The predicted octanol–water partition coefficient (Wildman–Crippen LogP) is 2.83. The normalized spacial score (nSPS) is 21.5. The first-order chi connectivity index (χ1) is 10.3. The Morgan fingerprint density at radius 3 is 2.67 bits per heavy atom. The lowest BCUT2D eigenvalue weighted by Gasteiger charge is -2.33. The van der Waals surface area contributed by atoms with Gasteiger partial charge >= 0.3 is 0 Å². The van der Waals surface area contributed by atoms with Crippen molar-refractivity contribution in [1.29, 1.82) is 0 Å². The summed E-state index contributed by atoms with van der Waals surface area (Å²) >= 11 is 0. The molecule has 0 aliphatic carbocycles. The van der Waals surface area contributed by atoms with Crippen LogP contribution in [0.2, 0.25) is 0 Å². The van der Waals surface area contributed by atoms with Crippen molar-refractivity contribution < 1.29 is 4.74 Å². The Bertz CT molecular complexity index is 463. The summed E-state index contributed by atoms with van der Waals surface area (Å²) in [6, 6.07) is 8.50. The fraction of sp³-hybridized carbons (Fsp3) is 0.556. The summed E-state index contributed by atoms with van der Waals surface area (Å²) in [4.78, 5) is 2.62. The minimum atomic E-state index is 0.571. The number of rotatable bonds is 5. The van der Waals surface area contributed by atoms with E-state index in [2.05, 4.69) is 41.1 Å². The zero-order chi connectivity index (χ0) is 14.5. The third-order valence-corrected chi connectivity index (χ3v) is 4.88. The average molecular weight is 286 g/mol. The Morgan fingerprint density at radius 1 is 1.19 bits per heavy atom. The molecule has 2 aliphatic heterocycles. The number of hydrogen-bond donors (Lipinski definition) is 1. The Hall–Kier alpha value is -1.32. The molecule has 3 nitrogen and oxygen atoms in total. The van der Waals surface area contributed by atoms with Crippen LogP contribution in [0.5, 0.6) is 5.75 Å². The van der Waals surface area contributed by atoms with Crippen LogP contribution in [0.15, 0.2) is 36.9 Å². The second-order valence-electron chi connectivity index (χ2n) is 6.45. The van der Waals surface area contributed by atoms with Crippen LogP contribution in [-0.2, 0) is 6.54 Å². The monoisotopic (exact) mass is 286 g/mol. The standard InChI is InChI=1S/C18H26N2O/c1-2-13-21-17-5-3-16(4-6-17)14-20-12-9-18(15-20)7-10-19-11-8-18/h2-6,19H,1,7-15H2. The highest BCUT2D eigenvalue weighted by Gasteiger charge is 2.38. The second kappa shape index (κ2) is 6.63. The molecule has 2 aliphatic rings. The van der Waals surface area contributed by atoms with Gasteiger partial charge in [0.2, 0.25) is 0 Å². The summed E-state index contributed by atoms with van der Waals surface area (Å²) in [5, 5.41) is 3.48. The van der Waals surface area contributed by atoms with Gasteiger partial charge in [-0.05, 0) is 62.0 Å². The van der Waals surface area contributed by atoms with Crippen molar-refractivity contribution in [3.05, 3.63) is 42.5 Å². The smallest absolute Gasteiger partial charge is 0.119 e. The van der Waals surface area contributed by atoms with Crippen molar-refractivity contribution >= 4 is 0 Å². The highest BCUT2D eigenvalue weighted by atomic mass is 16.5. The Labute approximate surface area is 128 Å². The van der Waals surface area contributed by atoms with Gasteiger partial charge in [-0.2, -0.15) is 0 Å². The number of nitrogens with one attached hydrogen (secondary N) is 1. The number of piperidine rings is 1. The molecule has 3 rings (SSSR count). The van der Waals surface area contributed by atoms with E-state index in [1.54, 1.807) is 6.08 Å². The van der Waals surface area contributed by atoms with Gasteiger partial charge in [0.05, 0.1) is 0 Å². The van der Waals surface area contributed by atoms with Gasteiger partial charge in [-0.15, -0.1) is 0 Å². The van der Waals surface area contributed by atoms with E-state index in [-0.39, 0.29) is 0 Å². The third-order valence-electron chi connectivity index (χ3n) is 4.88. The number of ether oxygens (including phenoxy) is 1. The van der Waals surface area contributed by atoms with E-state index in [0.717, 1.165) is 12.3 Å². The first-order valence-corrected chi connectivity index (χ1v) is 8.05. The topological polar surface area (TPSA) is 24.5 Å².